The monoisotopic (exact) mass is 221 g/mol. The van der Waals surface area contributed by atoms with Crippen LogP contribution in [0.4, 0.5) is 11.5 Å². The maximum atomic E-state index is 5.56. The lowest BCUT2D eigenvalue weighted by Gasteiger charge is -1.89. The van der Waals surface area contributed by atoms with E-state index in [2.05, 4.69) is 4.98 Å². The third-order valence-electron chi connectivity index (χ3n) is 1.54. The van der Waals surface area contributed by atoms with Gasteiger partial charge in [-0.05, 0) is 30.3 Å². The molecular weight excluding hydrogens is 210 g/mol. The lowest BCUT2D eigenvalue weighted by molar-refractivity contribution is 1.34. The smallest absolute Gasteiger partial charge is 0.123 e. The standard InChI is InChI=1S/C6H6ClN.C5H6N2/c7-5-2-1-3-6(8)4-5;6-5-3-1-2-4-7-5/h1-4H,8H2;1-4H,(H2,6,7). The number of pyridine rings is 1. The van der Waals surface area contributed by atoms with E-state index in [4.69, 9.17) is 23.1 Å². The Hall–Kier alpha value is -1.74. The molecule has 0 aliphatic rings. The van der Waals surface area contributed by atoms with Gasteiger partial charge in [-0.15, -0.1) is 0 Å². The van der Waals surface area contributed by atoms with Gasteiger partial charge in [0.25, 0.3) is 0 Å². The molecule has 0 saturated heterocycles. The molecular formula is C11H12ClN3. The summed E-state index contributed by atoms with van der Waals surface area (Å²) in [5, 5.41) is 0.685. The van der Waals surface area contributed by atoms with Crippen molar-refractivity contribution in [1.29, 1.82) is 0 Å². The molecule has 4 N–H and O–H groups in total. The number of halogens is 1. The Kier molecular flexibility index (Phi) is 4.44. The molecule has 1 aromatic heterocycles. The van der Waals surface area contributed by atoms with E-state index in [9.17, 15) is 0 Å². The zero-order valence-corrected chi connectivity index (χ0v) is 8.85. The van der Waals surface area contributed by atoms with Crippen molar-refractivity contribution in [3.8, 4) is 0 Å². The highest BCUT2D eigenvalue weighted by atomic mass is 35.5. The molecule has 0 amide bonds. The summed E-state index contributed by atoms with van der Waals surface area (Å²) >= 11 is 5.56. The number of nitrogen functional groups attached to an aromatic ring is 2. The zero-order valence-electron chi connectivity index (χ0n) is 8.10. The van der Waals surface area contributed by atoms with E-state index in [0.717, 1.165) is 0 Å². The van der Waals surface area contributed by atoms with Crippen molar-refractivity contribution in [3.05, 3.63) is 53.7 Å². The van der Waals surface area contributed by atoms with Gasteiger partial charge < -0.3 is 11.5 Å². The maximum absolute atomic E-state index is 5.56. The van der Waals surface area contributed by atoms with Crippen molar-refractivity contribution in [2.45, 2.75) is 0 Å². The van der Waals surface area contributed by atoms with Crippen molar-refractivity contribution in [2.24, 2.45) is 0 Å². The fourth-order valence-corrected chi connectivity index (χ4v) is 1.08. The SMILES string of the molecule is Nc1cccc(Cl)c1.Nc1ccccn1. The van der Waals surface area contributed by atoms with Crippen LogP contribution < -0.4 is 11.5 Å². The Labute approximate surface area is 93.7 Å². The second kappa shape index (κ2) is 5.88. The third kappa shape index (κ3) is 4.88. The molecule has 2 rings (SSSR count). The molecule has 0 atom stereocenters. The highest BCUT2D eigenvalue weighted by molar-refractivity contribution is 6.30. The van der Waals surface area contributed by atoms with Crippen LogP contribution in [0.5, 0.6) is 0 Å². The number of hydrogen-bond donors (Lipinski definition) is 2. The molecule has 3 nitrogen and oxygen atoms in total. The van der Waals surface area contributed by atoms with E-state index in [0.29, 0.717) is 16.5 Å². The van der Waals surface area contributed by atoms with Gasteiger partial charge >= 0.3 is 0 Å². The Bertz CT molecular complexity index is 386. The molecule has 0 spiro atoms. The molecule has 1 heterocycles. The maximum Gasteiger partial charge on any atom is 0.123 e. The topological polar surface area (TPSA) is 64.9 Å². The highest BCUT2D eigenvalue weighted by Gasteiger charge is 1.83. The summed E-state index contributed by atoms with van der Waals surface area (Å²) in [6.45, 7) is 0. The summed E-state index contributed by atoms with van der Waals surface area (Å²) in [5.41, 5.74) is 11.3. The van der Waals surface area contributed by atoms with Crippen LogP contribution in [0, 0.1) is 0 Å². The van der Waals surface area contributed by atoms with Gasteiger partial charge in [-0.25, -0.2) is 4.98 Å². The quantitative estimate of drug-likeness (QED) is 0.672. The Morgan fingerprint density at radius 3 is 2.13 bits per heavy atom. The number of nitrogens with zero attached hydrogens (tertiary/aromatic N) is 1. The predicted octanol–water partition coefficient (Wildman–Crippen LogP) is 2.59. The molecule has 0 aliphatic carbocycles. The second-order valence-electron chi connectivity index (χ2n) is 2.81. The minimum Gasteiger partial charge on any atom is -0.399 e. The fraction of sp³-hybridized carbons (Fsp3) is 0. The van der Waals surface area contributed by atoms with Gasteiger partial charge in [-0.1, -0.05) is 23.7 Å². The van der Waals surface area contributed by atoms with Crippen molar-refractivity contribution in [2.75, 3.05) is 11.5 Å². The van der Waals surface area contributed by atoms with Crippen LogP contribution in [-0.4, -0.2) is 4.98 Å². The minimum atomic E-state index is 0.572. The number of nitrogens with two attached hydrogens (primary N) is 2. The van der Waals surface area contributed by atoms with E-state index in [1.54, 1.807) is 30.5 Å². The third-order valence-corrected chi connectivity index (χ3v) is 1.77. The molecule has 0 aliphatic heterocycles. The van der Waals surface area contributed by atoms with Crippen molar-refractivity contribution >= 4 is 23.1 Å². The van der Waals surface area contributed by atoms with Crippen LogP contribution >= 0.6 is 11.6 Å². The Balaban J connectivity index is 0.000000151. The normalized spacial score (nSPS) is 8.87. The Morgan fingerprint density at radius 1 is 1.00 bits per heavy atom. The number of anilines is 2. The van der Waals surface area contributed by atoms with E-state index in [-0.39, 0.29) is 0 Å². The molecule has 4 heteroatoms. The number of aromatic nitrogens is 1. The van der Waals surface area contributed by atoms with Crippen LogP contribution in [0.3, 0.4) is 0 Å². The number of benzene rings is 1. The van der Waals surface area contributed by atoms with Crippen molar-refractivity contribution < 1.29 is 0 Å². The first-order chi connectivity index (χ1) is 7.18. The van der Waals surface area contributed by atoms with Crippen molar-refractivity contribution in [3.63, 3.8) is 0 Å². The zero-order chi connectivity index (χ0) is 11.1. The molecule has 0 saturated carbocycles. The molecule has 2 aromatic rings. The van der Waals surface area contributed by atoms with Gasteiger partial charge in [-0.3, -0.25) is 0 Å². The average Bonchev–Trinajstić information content (AvgIpc) is 2.19. The highest BCUT2D eigenvalue weighted by Crippen LogP contribution is 2.10. The first-order valence-corrected chi connectivity index (χ1v) is 4.74. The average molecular weight is 222 g/mol. The first-order valence-electron chi connectivity index (χ1n) is 4.36. The summed E-state index contributed by atoms with van der Waals surface area (Å²) in [5.74, 6) is 0.572. The van der Waals surface area contributed by atoms with E-state index < -0.39 is 0 Å². The molecule has 0 fully saturated rings. The fourth-order valence-electron chi connectivity index (χ4n) is 0.883. The van der Waals surface area contributed by atoms with Gasteiger partial charge in [0.05, 0.1) is 0 Å². The lowest BCUT2D eigenvalue weighted by Crippen LogP contribution is -1.85. The van der Waals surface area contributed by atoms with Gasteiger partial charge in [0.2, 0.25) is 0 Å². The van der Waals surface area contributed by atoms with E-state index in [1.165, 1.54) is 0 Å². The van der Waals surface area contributed by atoms with Crippen LogP contribution in [0.25, 0.3) is 0 Å². The molecule has 0 bridgehead atoms. The van der Waals surface area contributed by atoms with Crippen LogP contribution in [0.15, 0.2) is 48.7 Å². The van der Waals surface area contributed by atoms with Crippen molar-refractivity contribution in [1.82, 2.24) is 4.98 Å². The van der Waals surface area contributed by atoms with Crippen LogP contribution in [-0.2, 0) is 0 Å². The molecule has 1 aromatic carbocycles. The summed E-state index contributed by atoms with van der Waals surface area (Å²) in [6.07, 6.45) is 1.66. The number of hydrogen-bond acceptors (Lipinski definition) is 3. The summed E-state index contributed by atoms with van der Waals surface area (Å²) < 4.78 is 0. The van der Waals surface area contributed by atoms with E-state index >= 15 is 0 Å². The first kappa shape index (κ1) is 11.3. The van der Waals surface area contributed by atoms with E-state index in [1.807, 2.05) is 18.2 Å². The summed E-state index contributed by atoms with van der Waals surface area (Å²) in [6, 6.07) is 12.5. The summed E-state index contributed by atoms with van der Waals surface area (Å²) in [7, 11) is 0. The number of rotatable bonds is 0. The minimum absolute atomic E-state index is 0.572. The van der Waals surface area contributed by atoms with Crippen LogP contribution in [0.2, 0.25) is 5.02 Å². The van der Waals surface area contributed by atoms with Gasteiger partial charge in [0.15, 0.2) is 0 Å². The molecule has 15 heavy (non-hydrogen) atoms. The lowest BCUT2D eigenvalue weighted by atomic mass is 10.3. The second-order valence-corrected chi connectivity index (χ2v) is 3.25. The van der Waals surface area contributed by atoms with Gasteiger partial charge in [-0.2, -0.15) is 0 Å². The molecule has 0 radical (unpaired) electrons. The largest absolute Gasteiger partial charge is 0.399 e. The summed E-state index contributed by atoms with van der Waals surface area (Å²) in [4.78, 5) is 3.76. The van der Waals surface area contributed by atoms with Crippen LogP contribution in [0.1, 0.15) is 0 Å². The Morgan fingerprint density at radius 2 is 1.80 bits per heavy atom. The predicted molar refractivity (Wildman–Crippen MR) is 64.5 cm³/mol. The van der Waals surface area contributed by atoms with Gasteiger partial charge in [0.1, 0.15) is 5.82 Å². The molecule has 78 valence electrons. The van der Waals surface area contributed by atoms with Gasteiger partial charge in [0, 0.05) is 16.9 Å². The molecule has 0 unspecified atom stereocenters.